The van der Waals surface area contributed by atoms with Crippen LogP contribution < -0.4 is 0 Å². The number of hydrogen-bond acceptors (Lipinski definition) is 3. The lowest BCUT2D eigenvalue weighted by atomic mass is 10.0. The van der Waals surface area contributed by atoms with Crippen molar-refractivity contribution in [2.24, 2.45) is 0 Å². The van der Waals surface area contributed by atoms with Crippen molar-refractivity contribution in [1.29, 1.82) is 0 Å². The summed E-state index contributed by atoms with van der Waals surface area (Å²) in [5.74, 6) is 0. The van der Waals surface area contributed by atoms with Crippen molar-refractivity contribution >= 4 is 67.9 Å². The molecule has 3 aromatic heterocycles. The van der Waals surface area contributed by atoms with Gasteiger partial charge < -0.3 is 0 Å². The van der Waals surface area contributed by atoms with E-state index < -0.39 is 0 Å². The van der Waals surface area contributed by atoms with Gasteiger partial charge in [0.1, 0.15) is 0 Å². The van der Waals surface area contributed by atoms with Gasteiger partial charge in [-0.1, -0.05) is 52.4 Å². The summed E-state index contributed by atoms with van der Waals surface area (Å²) in [6.45, 7) is 4.55. The third-order valence-electron chi connectivity index (χ3n) is 5.42. The van der Waals surface area contributed by atoms with Gasteiger partial charge in [0.15, 0.2) is 0 Å². The van der Waals surface area contributed by atoms with Gasteiger partial charge in [-0.05, 0) is 106 Å². The molecular formula is C25H31I2NS2. The van der Waals surface area contributed by atoms with Gasteiger partial charge >= 0.3 is 0 Å². The topological polar surface area (TPSA) is 12.9 Å². The molecule has 0 spiro atoms. The quantitative estimate of drug-likeness (QED) is 0.139. The summed E-state index contributed by atoms with van der Waals surface area (Å²) < 4.78 is 2.74. The lowest BCUT2D eigenvalue weighted by Gasteiger charge is -2.07. The number of thiophene rings is 2. The van der Waals surface area contributed by atoms with E-state index in [-0.39, 0.29) is 0 Å². The van der Waals surface area contributed by atoms with Crippen LogP contribution in [0.2, 0.25) is 0 Å². The van der Waals surface area contributed by atoms with E-state index in [4.69, 9.17) is 4.98 Å². The maximum atomic E-state index is 4.92. The van der Waals surface area contributed by atoms with Gasteiger partial charge in [0, 0.05) is 16.6 Å². The minimum Gasteiger partial charge on any atom is -0.255 e. The number of pyridine rings is 1. The van der Waals surface area contributed by atoms with Crippen LogP contribution in [0, 0.1) is 5.77 Å². The Hall–Kier alpha value is 0.01000. The Balaban J connectivity index is 1.75. The molecular weight excluding hydrogens is 632 g/mol. The smallest absolute Gasteiger partial charge is 0.0805 e. The van der Waals surface area contributed by atoms with Crippen LogP contribution in [0.25, 0.3) is 21.0 Å². The number of hydrogen-bond donors (Lipinski definition) is 0. The Bertz CT molecular complexity index is 837. The molecule has 3 heterocycles. The molecule has 0 fully saturated rings. The largest absolute Gasteiger partial charge is 0.255 e. The number of unbranched alkanes of at least 4 members (excludes halogenated alkanes) is 6. The van der Waals surface area contributed by atoms with E-state index in [0.717, 1.165) is 5.69 Å². The zero-order valence-corrected chi connectivity index (χ0v) is 23.9. The molecule has 30 heavy (non-hydrogen) atoms. The number of aryl methyl sites for hydroxylation is 2. The third-order valence-corrected chi connectivity index (χ3v) is 9.36. The van der Waals surface area contributed by atoms with Crippen LogP contribution in [-0.2, 0) is 12.8 Å². The molecule has 0 amide bonds. The first-order valence-electron chi connectivity index (χ1n) is 11.2. The van der Waals surface area contributed by atoms with Crippen molar-refractivity contribution < 1.29 is 0 Å². The van der Waals surface area contributed by atoms with Crippen molar-refractivity contribution in [3.63, 3.8) is 0 Å². The van der Waals surface area contributed by atoms with Crippen molar-refractivity contribution in [2.75, 3.05) is 0 Å². The average Bonchev–Trinajstić information content (AvgIpc) is 3.31. The van der Waals surface area contributed by atoms with Gasteiger partial charge in [-0.2, -0.15) is 0 Å². The zero-order chi connectivity index (χ0) is 21.3. The highest BCUT2D eigenvalue weighted by Crippen LogP contribution is 2.37. The highest BCUT2D eigenvalue weighted by molar-refractivity contribution is 14.1. The molecule has 0 radical (unpaired) electrons. The fraction of sp³-hybridized carbons (Fsp3) is 0.480. The van der Waals surface area contributed by atoms with Gasteiger partial charge in [-0.3, -0.25) is 4.98 Å². The van der Waals surface area contributed by atoms with E-state index in [2.05, 4.69) is 89.5 Å². The standard InChI is InChI=1S/C25H31I2NS2/c1-3-5-7-9-11-18-15-22(26)29-24(18)20-13-14-21(28-17-20)25-19(16-23(27)30-25)12-10-8-6-4-2/h13-17H,3-12H2,1-2H3. The van der Waals surface area contributed by atoms with E-state index in [0.29, 0.717) is 0 Å². The summed E-state index contributed by atoms with van der Waals surface area (Å²) in [5.41, 5.74) is 5.38. The monoisotopic (exact) mass is 663 g/mol. The molecule has 0 unspecified atom stereocenters. The van der Waals surface area contributed by atoms with E-state index >= 15 is 0 Å². The molecule has 0 saturated heterocycles. The molecule has 0 aliphatic carbocycles. The predicted molar refractivity (Wildman–Crippen MR) is 152 cm³/mol. The fourth-order valence-electron chi connectivity index (χ4n) is 3.77. The van der Waals surface area contributed by atoms with Gasteiger partial charge in [0.25, 0.3) is 0 Å². The molecule has 0 aliphatic rings. The summed E-state index contributed by atoms with van der Waals surface area (Å²) in [7, 11) is 0. The molecule has 0 N–H and O–H groups in total. The summed E-state index contributed by atoms with van der Waals surface area (Å²) in [6, 6.07) is 9.25. The molecule has 0 atom stereocenters. The first-order chi connectivity index (χ1) is 14.6. The molecule has 1 nitrogen and oxygen atoms in total. The summed E-state index contributed by atoms with van der Waals surface area (Å²) in [4.78, 5) is 7.69. The van der Waals surface area contributed by atoms with Crippen molar-refractivity contribution in [3.8, 4) is 21.0 Å². The van der Waals surface area contributed by atoms with Crippen molar-refractivity contribution in [1.82, 2.24) is 4.98 Å². The molecule has 5 heteroatoms. The second-order valence-corrected chi connectivity index (χ2v) is 13.8. The van der Waals surface area contributed by atoms with Gasteiger partial charge in [0.05, 0.1) is 16.3 Å². The Morgan fingerprint density at radius 2 is 1.30 bits per heavy atom. The molecule has 3 aromatic rings. The van der Waals surface area contributed by atoms with Gasteiger partial charge in [0.2, 0.25) is 0 Å². The summed E-state index contributed by atoms with van der Waals surface area (Å²) >= 11 is 8.70. The fourth-order valence-corrected chi connectivity index (χ4v) is 7.68. The van der Waals surface area contributed by atoms with Crippen LogP contribution in [0.15, 0.2) is 30.5 Å². The lowest BCUT2D eigenvalue weighted by Crippen LogP contribution is -1.90. The average molecular weight is 663 g/mol. The molecule has 0 bridgehead atoms. The highest BCUT2D eigenvalue weighted by Gasteiger charge is 2.14. The number of aromatic nitrogens is 1. The molecule has 0 aliphatic heterocycles. The number of rotatable bonds is 12. The predicted octanol–water partition coefficient (Wildman–Crippen LogP) is 9.99. The minimum absolute atomic E-state index is 1.13. The van der Waals surface area contributed by atoms with Crippen molar-refractivity contribution in [3.05, 3.63) is 47.4 Å². The Morgan fingerprint density at radius 3 is 1.83 bits per heavy atom. The Kier molecular flexibility index (Phi) is 10.6. The molecule has 3 rings (SSSR count). The third kappa shape index (κ3) is 7.01. The van der Waals surface area contributed by atoms with E-state index in [1.54, 1.807) is 0 Å². The van der Waals surface area contributed by atoms with E-state index in [1.807, 2.05) is 22.7 Å². The number of nitrogens with zero attached hydrogens (tertiary/aromatic N) is 1. The van der Waals surface area contributed by atoms with Gasteiger partial charge in [-0.25, -0.2) is 0 Å². The Morgan fingerprint density at radius 1 is 0.733 bits per heavy atom. The van der Waals surface area contributed by atoms with Crippen LogP contribution >= 0.6 is 67.9 Å². The summed E-state index contributed by atoms with van der Waals surface area (Å²) in [6.07, 6.45) is 14.9. The van der Waals surface area contributed by atoms with Crippen LogP contribution in [0.4, 0.5) is 0 Å². The second-order valence-electron chi connectivity index (χ2n) is 7.86. The second kappa shape index (κ2) is 12.9. The van der Waals surface area contributed by atoms with Crippen molar-refractivity contribution in [2.45, 2.75) is 78.1 Å². The first-order valence-corrected chi connectivity index (χ1v) is 14.9. The first kappa shape index (κ1) is 24.6. The SMILES string of the molecule is CCCCCCc1cc(I)sc1-c1ccc(-c2sc(I)cc2CCCCCC)nc1. The van der Waals surface area contributed by atoms with Crippen LogP contribution in [-0.4, -0.2) is 4.98 Å². The van der Waals surface area contributed by atoms with E-state index in [9.17, 15) is 0 Å². The van der Waals surface area contributed by atoms with E-state index in [1.165, 1.54) is 96.4 Å². The highest BCUT2D eigenvalue weighted by atomic mass is 127. The van der Waals surface area contributed by atoms with Crippen LogP contribution in [0.3, 0.4) is 0 Å². The molecule has 0 saturated carbocycles. The number of halogens is 2. The maximum Gasteiger partial charge on any atom is 0.0805 e. The Labute approximate surface area is 217 Å². The zero-order valence-electron chi connectivity index (χ0n) is 18.0. The normalized spacial score (nSPS) is 11.3. The minimum atomic E-state index is 1.13. The lowest BCUT2D eigenvalue weighted by molar-refractivity contribution is 0.668. The molecule has 162 valence electrons. The maximum absolute atomic E-state index is 4.92. The van der Waals surface area contributed by atoms with Crippen LogP contribution in [0.1, 0.15) is 76.3 Å². The molecule has 0 aromatic carbocycles. The van der Waals surface area contributed by atoms with Gasteiger partial charge in [-0.15, -0.1) is 22.7 Å². The summed E-state index contributed by atoms with van der Waals surface area (Å²) in [5, 5.41) is 0. The van der Waals surface area contributed by atoms with Crippen LogP contribution in [0.5, 0.6) is 0 Å².